The van der Waals surface area contributed by atoms with E-state index < -0.39 is 0 Å². The SMILES string of the molecule is CCNC(=NCc1ccc(OC2CCCC2)nc1)NCC(C)N1CCOCC1.I. The van der Waals surface area contributed by atoms with Crippen molar-refractivity contribution in [2.24, 2.45) is 4.99 Å². The van der Waals surface area contributed by atoms with E-state index >= 15 is 0 Å². The molecule has 3 rings (SSSR count). The Morgan fingerprint density at radius 1 is 1.28 bits per heavy atom. The zero-order chi connectivity index (χ0) is 19.6. The Morgan fingerprint density at radius 2 is 2.03 bits per heavy atom. The zero-order valence-corrected chi connectivity index (χ0v) is 20.1. The summed E-state index contributed by atoms with van der Waals surface area (Å²) in [5, 5.41) is 6.78. The molecule has 2 aliphatic rings. The van der Waals surface area contributed by atoms with Gasteiger partial charge in [-0.1, -0.05) is 6.07 Å². The first-order valence-electron chi connectivity index (χ1n) is 10.7. The molecule has 0 amide bonds. The number of hydrogen-bond donors (Lipinski definition) is 2. The lowest BCUT2D eigenvalue weighted by Crippen LogP contribution is -2.49. The van der Waals surface area contributed by atoms with Crippen LogP contribution >= 0.6 is 24.0 Å². The minimum atomic E-state index is 0. The molecule has 0 aromatic carbocycles. The molecule has 1 aliphatic heterocycles. The summed E-state index contributed by atoms with van der Waals surface area (Å²) in [5.41, 5.74) is 1.08. The molecule has 164 valence electrons. The lowest BCUT2D eigenvalue weighted by atomic mass is 10.2. The second-order valence-corrected chi connectivity index (χ2v) is 7.60. The molecular formula is C21H36IN5O2. The third-order valence-electron chi connectivity index (χ3n) is 5.39. The summed E-state index contributed by atoms with van der Waals surface area (Å²) in [5.74, 6) is 1.57. The van der Waals surface area contributed by atoms with Gasteiger partial charge in [-0.05, 0) is 45.1 Å². The lowest BCUT2D eigenvalue weighted by molar-refractivity contribution is 0.0211. The molecule has 0 spiro atoms. The number of rotatable bonds is 8. The van der Waals surface area contributed by atoms with E-state index in [1.165, 1.54) is 12.8 Å². The number of pyridine rings is 1. The Balaban J connectivity index is 0.00000300. The number of nitrogens with zero attached hydrogens (tertiary/aromatic N) is 3. The summed E-state index contributed by atoms with van der Waals surface area (Å²) in [6, 6.07) is 4.46. The van der Waals surface area contributed by atoms with Gasteiger partial charge in [-0.3, -0.25) is 4.90 Å². The van der Waals surface area contributed by atoms with Crippen LogP contribution in [0.25, 0.3) is 0 Å². The average Bonchev–Trinajstić information content (AvgIpc) is 3.24. The quantitative estimate of drug-likeness (QED) is 0.314. The fourth-order valence-electron chi connectivity index (χ4n) is 3.65. The summed E-state index contributed by atoms with van der Waals surface area (Å²) in [6.07, 6.45) is 7.04. The van der Waals surface area contributed by atoms with Crippen molar-refractivity contribution in [2.45, 2.75) is 58.2 Å². The van der Waals surface area contributed by atoms with Gasteiger partial charge in [0.05, 0.1) is 19.8 Å². The van der Waals surface area contributed by atoms with Crippen LogP contribution in [0.15, 0.2) is 23.3 Å². The van der Waals surface area contributed by atoms with Gasteiger partial charge in [0, 0.05) is 44.5 Å². The highest BCUT2D eigenvalue weighted by Crippen LogP contribution is 2.22. The third kappa shape index (κ3) is 8.25. The van der Waals surface area contributed by atoms with Crippen molar-refractivity contribution in [3.63, 3.8) is 0 Å². The van der Waals surface area contributed by atoms with Crippen LogP contribution in [0.2, 0.25) is 0 Å². The van der Waals surface area contributed by atoms with Gasteiger partial charge in [0.25, 0.3) is 0 Å². The average molecular weight is 517 g/mol. The normalized spacial score (nSPS) is 19.4. The molecule has 8 heteroatoms. The van der Waals surface area contributed by atoms with Gasteiger partial charge in [-0.2, -0.15) is 0 Å². The van der Waals surface area contributed by atoms with Gasteiger partial charge in [0.15, 0.2) is 5.96 Å². The highest BCUT2D eigenvalue weighted by molar-refractivity contribution is 14.0. The van der Waals surface area contributed by atoms with Gasteiger partial charge in [-0.25, -0.2) is 9.98 Å². The number of aromatic nitrogens is 1. The van der Waals surface area contributed by atoms with Crippen molar-refractivity contribution >= 4 is 29.9 Å². The van der Waals surface area contributed by atoms with Crippen LogP contribution in [-0.2, 0) is 11.3 Å². The van der Waals surface area contributed by atoms with E-state index in [0.29, 0.717) is 18.7 Å². The number of guanidine groups is 1. The standard InChI is InChI=1S/C21H35N5O2.HI/c1-3-22-21(24-14-17(2)26-10-12-27-13-11-26)25-16-18-8-9-20(23-15-18)28-19-6-4-5-7-19;/h8-9,15,17,19H,3-7,10-14,16H2,1-2H3,(H2,22,24,25);1H. The van der Waals surface area contributed by atoms with Crippen molar-refractivity contribution in [1.29, 1.82) is 0 Å². The van der Waals surface area contributed by atoms with Crippen LogP contribution in [0.3, 0.4) is 0 Å². The predicted molar refractivity (Wildman–Crippen MR) is 127 cm³/mol. The van der Waals surface area contributed by atoms with Crippen molar-refractivity contribution in [2.75, 3.05) is 39.4 Å². The molecule has 1 aromatic heterocycles. The van der Waals surface area contributed by atoms with E-state index in [9.17, 15) is 0 Å². The molecule has 29 heavy (non-hydrogen) atoms. The molecule has 0 bridgehead atoms. The largest absolute Gasteiger partial charge is 0.474 e. The smallest absolute Gasteiger partial charge is 0.213 e. The molecule has 1 saturated carbocycles. The maximum atomic E-state index is 5.93. The van der Waals surface area contributed by atoms with Gasteiger partial charge in [-0.15, -0.1) is 24.0 Å². The summed E-state index contributed by atoms with van der Waals surface area (Å²) in [7, 11) is 0. The Labute approximate surface area is 192 Å². The molecule has 2 fully saturated rings. The minimum absolute atomic E-state index is 0. The topological polar surface area (TPSA) is 71.0 Å². The Bertz CT molecular complexity index is 602. The number of aliphatic imine (C=N–C) groups is 1. The fraction of sp³-hybridized carbons (Fsp3) is 0.714. The molecule has 1 saturated heterocycles. The second kappa shape index (κ2) is 13.2. The number of nitrogens with one attached hydrogen (secondary N) is 2. The Morgan fingerprint density at radius 3 is 2.69 bits per heavy atom. The monoisotopic (exact) mass is 517 g/mol. The Kier molecular flexibility index (Phi) is 11.0. The fourth-order valence-corrected chi connectivity index (χ4v) is 3.65. The van der Waals surface area contributed by atoms with Crippen molar-refractivity contribution in [3.8, 4) is 5.88 Å². The van der Waals surface area contributed by atoms with Crippen LogP contribution in [-0.4, -0.2) is 67.4 Å². The maximum Gasteiger partial charge on any atom is 0.213 e. The lowest BCUT2D eigenvalue weighted by Gasteiger charge is -2.32. The molecule has 0 radical (unpaired) electrons. The maximum absolute atomic E-state index is 5.93. The van der Waals surface area contributed by atoms with Crippen molar-refractivity contribution in [3.05, 3.63) is 23.9 Å². The Hall–Kier alpha value is -1.13. The minimum Gasteiger partial charge on any atom is -0.474 e. The molecule has 1 atom stereocenters. The third-order valence-corrected chi connectivity index (χ3v) is 5.39. The second-order valence-electron chi connectivity index (χ2n) is 7.60. The highest BCUT2D eigenvalue weighted by Gasteiger charge is 2.18. The summed E-state index contributed by atoms with van der Waals surface area (Å²) in [4.78, 5) is 11.6. The van der Waals surface area contributed by atoms with E-state index in [2.05, 4.69) is 40.4 Å². The van der Waals surface area contributed by atoms with Crippen LogP contribution in [0.4, 0.5) is 0 Å². The van der Waals surface area contributed by atoms with Crippen LogP contribution < -0.4 is 15.4 Å². The number of hydrogen-bond acceptors (Lipinski definition) is 5. The van der Waals surface area contributed by atoms with E-state index in [1.54, 1.807) is 0 Å². The van der Waals surface area contributed by atoms with Crippen LogP contribution in [0.1, 0.15) is 45.1 Å². The first kappa shape index (κ1) is 24.1. The van der Waals surface area contributed by atoms with E-state index in [1.807, 2.05) is 12.3 Å². The van der Waals surface area contributed by atoms with Gasteiger partial charge in [0.2, 0.25) is 5.88 Å². The molecule has 2 heterocycles. The highest BCUT2D eigenvalue weighted by atomic mass is 127. The van der Waals surface area contributed by atoms with Crippen molar-refractivity contribution in [1.82, 2.24) is 20.5 Å². The van der Waals surface area contributed by atoms with Gasteiger partial charge in [0.1, 0.15) is 6.10 Å². The zero-order valence-electron chi connectivity index (χ0n) is 17.7. The molecule has 1 aromatic rings. The van der Waals surface area contributed by atoms with Gasteiger partial charge >= 0.3 is 0 Å². The molecule has 2 N–H and O–H groups in total. The van der Waals surface area contributed by atoms with Crippen LogP contribution in [0.5, 0.6) is 5.88 Å². The molecule has 1 unspecified atom stereocenters. The summed E-state index contributed by atoms with van der Waals surface area (Å²) < 4.78 is 11.4. The van der Waals surface area contributed by atoms with Gasteiger partial charge < -0.3 is 20.1 Å². The summed E-state index contributed by atoms with van der Waals surface area (Å²) in [6.45, 7) is 10.3. The van der Waals surface area contributed by atoms with E-state index in [-0.39, 0.29) is 24.0 Å². The number of halogens is 1. The summed E-state index contributed by atoms with van der Waals surface area (Å²) >= 11 is 0. The van der Waals surface area contributed by atoms with E-state index in [0.717, 1.165) is 69.6 Å². The number of morpholine rings is 1. The van der Waals surface area contributed by atoms with E-state index in [4.69, 9.17) is 14.5 Å². The predicted octanol–water partition coefficient (Wildman–Crippen LogP) is 2.80. The molecular weight excluding hydrogens is 481 g/mol. The van der Waals surface area contributed by atoms with Crippen molar-refractivity contribution < 1.29 is 9.47 Å². The first-order valence-corrected chi connectivity index (χ1v) is 10.7. The molecule has 7 nitrogen and oxygen atoms in total. The first-order chi connectivity index (χ1) is 13.7. The van der Waals surface area contributed by atoms with Crippen LogP contribution in [0, 0.1) is 0 Å². The molecule has 1 aliphatic carbocycles. The number of ether oxygens (including phenoxy) is 2.